The maximum atomic E-state index is 10.1. The first-order chi connectivity index (χ1) is 5.70. The molecule has 4 nitrogen and oxygen atoms in total. The number of nitrogens with zero attached hydrogens (tertiary/aromatic N) is 1. The average molecular weight is 194 g/mol. The summed E-state index contributed by atoms with van der Waals surface area (Å²) in [6.07, 6.45) is 1.50. The predicted molar refractivity (Wildman–Crippen MR) is 47.6 cm³/mol. The third kappa shape index (κ3) is 9.92. The number of carboxylic acid groups (broad SMARTS) is 1. The second kappa shape index (κ2) is 10.1. The van der Waals surface area contributed by atoms with Gasteiger partial charge in [0.2, 0.25) is 0 Å². The van der Waals surface area contributed by atoms with Crippen molar-refractivity contribution in [2.24, 2.45) is 0 Å². The molecule has 1 saturated heterocycles. The maximum Gasteiger partial charge on any atom is 1.00 e. The molecule has 0 saturated carbocycles. The first kappa shape index (κ1) is 15.5. The van der Waals surface area contributed by atoms with Crippen molar-refractivity contribution in [3.8, 4) is 0 Å². The number of carboxylic acids is 1. The summed E-state index contributed by atoms with van der Waals surface area (Å²) in [4.78, 5) is 11.9. The fourth-order valence-electron chi connectivity index (χ4n) is 0.880. The minimum atomic E-state index is -0.751. The molecule has 0 aliphatic carbocycles. The molecule has 0 aromatic rings. The van der Waals surface area contributed by atoms with Crippen molar-refractivity contribution in [3.63, 3.8) is 0 Å². The smallest absolute Gasteiger partial charge is 0.480 e. The zero-order valence-corrected chi connectivity index (χ0v) is 10.1. The Morgan fingerprint density at radius 3 is 2.62 bits per heavy atom. The molecule has 0 unspecified atom stereocenters. The molecule has 0 bridgehead atoms. The van der Waals surface area contributed by atoms with E-state index in [0.717, 1.165) is 13.1 Å². The van der Waals surface area contributed by atoms with Gasteiger partial charge in [0.15, 0.2) is 0 Å². The molecule has 0 amide bonds. The first-order valence-electron chi connectivity index (χ1n) is 3.75. The Morgan fingerprint density at radius 2 is 2.31 bits per heavy atom. The second-order valence-corrected chi connectivity index (χ2v) is 2.39. The van der Waals surface area contributed by atoms with Crippen LogP contribution in [-0.2, 0) is 4.79 Å². The fourth-order valence-corrected chi connectivity index (χ4v) is 0.880. The van der Waals surface area contributed by atoms with Gasteiger partial charge in [-0.1, -0.05) is 0 Å². The molecule has 0 spiro atoms. The molecule has 1 heterocycles. The van der Waals surface area contributed by atoms with Crippen LogP contribution in [0.5, 0.6) is 0 Å². The van der Waals surface area contributed by atoms with Gasteiger partial charge in [-0.3, -0.25) is 9.69 Å². The topological polar surface area (TPSA) is 52.6 Å². The number of carbonyl (C=O) groups is 1. The molecule has 1 fully saturated rings. The van der Waals surface area contributed by atoms with Crippen molar-refractivity contribution in [2.45, 2.75) is 0 Å². The largest absolute Gasteiger partial charge is 1.00 e. The van der Waals surface area contributed by atoms with Gasteiger partial charge < -0.3 is 10.4 Å². The van der Waals surface area contributed by atoms with E-state index in [4.69, 9.17) is 5.11 Å². The number of rotatable bonds is 2. The normalized spacial score (nSPS) is 15.1. The molecule has 1 aliphatic rings. The number of aliphatic carboxylic acids is 1. The van der Waals surface area contributed by atoms with Gasteiger partial charge >= 0.3 is 35.5 Å². The van der Waals surface area contributed by atoms with Crippen molar-refractivity contribution in [1.29, 1.82) is 0 Å². The Bertz CT molecular complexity index is 147. The third-order valence-corrected chi connectivity index (χ3v) is 1.30. The quantitative estimate of drug-likeness (QED) is 0.362. The summed E-state index contributed by atoms with van der Waals surface area (Å²) in [6.45, 7) is 9.14. The summed E-state index contributed by atoms with van der Waals surface area (Å²) in [5.74, 6) is -0.751. The average Bonchev–Trinajstić information content (AvgIpc) is 2.40. The number of hydrogen-bond acceptors (Lipinski definition) is 3. The molecule has 0 aromatic carbocycles. The van der Waals surface area contributed by atoms with Gasteiger partial charge in [-0.25, -0.2) is 19.6 Å². The zero-order valence-electron chi connectivity index (χ0n) is 8.12. The Hall–Kier alpha value is -0.000000000000000222. The molecule has 1 rings (SSSR count). The van der Waals surface area contributed by atoms with Crippen molar-refractivity contribution in [3.05, 3.63) is 19.6 Å². The van der Waals surface area contributed by atoms with E-state index in [1.54, 1.807) is 0 Å². The van der Waals surface area contributed by atoms with Crippen LogP contribution in [0, 0.1) is 6.92 Å². The molecule has 13 heavy (non-hydrogen) atoms. The zero-order chi connectivity index (χ0) is 9.40. The van der Waals surface area contributed by atoms with E-state index in [-0.39, 0.29) is 36.1 Å². The Balaban J connectivity index is 0. The molecule has 0 atom stereocenters. The van der Waals surface area contributed by atoms with Gasteiger partial charge in [-0.2, -0.15) is 0 Å². The van der Waals surface area contributed by atoms with Crippen LogP contribution in [0.3, 0.4) is 0 Å². The minimum absolute atomic E-state index is 0. The SMILES string of the molecule is C=C[CH2-].O=C(O)CN1CCNC1.[Na+]. The summed E-state index contributed by atoms with van der Waals surface area (Å²) >= 11 is 0. The summed E-state index contributed by atoms with van der Waals surface area (Å²) in [6, 6.07) is 0. The van der Waals surface area contributed by atoms with Crippen LogP contribution in [0.1, 0.15) is 0 Å². The summed E-state index contributed by atoms with van der Waals surface area (Å²) in [7, 11) is 0. The number of allylic oxidation sites excluding steroid dienone is 1. The number of nitrogens with one attached hydrogen (secondary N) is 1. The van der Waals surface area contributed by atoms with E-state index in [1.165, 1.54) is 6.08 Å². The van der Waals surface area contributed by atoms with Crippen LogP contribution in [0.4, 0.5) is 0 Å². The Morgan fingerprint density at radius 1 is 1.77 bits per heavy atom. The van der Waals surface area contributed by atoms with Gasteiger partial charge in [0.05, 0.1) is 6.54 Å². The molecular weight excluding hydrogens is 179 g/mol. The van der Waals surface area contributed by atoms with Crippen LogP contribution in [0.2, 0.25) is 0 Å². The van der Waals surface area contributed by atoms with E-state index in [0.29, 0.717) is 6.67 Å². The first-order valence-corrected chi connectivity index (χ1v) is 3.75. The van der Waals surface area contributed by atoms with Crippen molar-refractivity contribution in [1.82, 2.24) is 10.2 Å². The fraction of sp³-hybridized carbons (Fsp3) is 0.500. The van der Waals surface area contributed by atoms with Crippen molar-refractivity contribution in [2.75, 3.05) is 26.3 Å². The molecule has 1 aliphatic heterocycles. The van der Waals surface area contributed by atoms with Crippen LogP contribution in [-0.4, -0.2) is 42.3 Å². The van der Waals surface area contributed by atoms with E-state index in [2.05, 4.69) is 18.8 Å². The van der Waals surface area contributed by atoms with E-state index >= 15 is 0 Å². The molecule has 70 valence electrons. The standard InChI is InChI=1S/C5H10N2O2.C3H5.Na/c8-5(9)3-7-2-1-6-4-7;1-3-2;/h6H,1-4H2,(H,8,9);3H,1-2H2;/q;-1;+1. The summed E-state index contributed by atoms with van der Waals surface area (Å²) < 4.78 is 0. The summed E-state index contributed by atoms with van der Waals surface area (Å²) in [5.41, 5.74) is 0. The van der Waals surface area contributed by atoms with Gasteiger partial charge in [0.25, 0.3) is 0 Å². The van der Waals surface area contributed by atoms with Gasteiger partial charge in [-0.05, 0) is 0 Å². The van der Waals surface area contributed by atoms with Crippen LogP contribution < -0.4 is 34.9 Å². The van der Waals surface area contributed by atoms with E-state index < -0.39 is 5.97 Å². The van der Waals surface area contributed by atoms with Crippen LogP contribution in [0.25, 0.3) is 0 Å². The van der Waals surface area contributed by atoms with Crippen molar-refractivity contribution < 1.29 is 39.5 Å². The Labute approximate surface area is 101 Å². The Kier molecular flexibility index (Phi) is 12.0. The van der Waals surface area contributed by atoms with Crippen LogP contribution in [0.15, 0.2) is 12.7 Å². The molecular formula is C8H15N2NaO2. The van der Waals surface area contributed by atoms with Gasteiger partial charge in [-0.15, -0.1) is 0 Å². The second-order valence-electron chi connectivity index (χ2n) is 2.39. The van der Waals surface area contributed by atoms with Crippen LogP contribution >= 0.6 is 0 Å². The minimum Gasteiger partial charge on any atom is -0.480 e. The van der Waals surface area contributed by atoms with Gasteiger partial charge in [0, 0.05) is 19.8 Å². The molecule has 5 heteroatoms. The molecule has 2 N–H and O–H groups in total. The molecule has 0 radical (unpaired) electrons. The maximum absolute atomic E-state index is 10.1. The third-order valence-electron chi connectivity index (χ3n) is 1.30. The molecule has 0 aromatic heterocycles. The van der Waals surface area contributed by atoms with E-state index in [9.17, 15) is 4.79 Å². The number of hydrogen-bond donors (Lipinski definition) is 2. The van der Waals surface area contributed by atoms with E-state index in [1.807, 2.05) is 4.90 Å². The monoisotopic (exact) mass is 194 g/mol. The summed E-state index contributed by atoms with van der Waals surface area (Å²) in [5, 5.41) is 11.3. The predicted octanol–water partition coefficient (Wildman–Crippen LogP) is -3.06. The van der Waals surface area contributed by atoms with Crippen molar-refractivity contribution >= 4 is 5.97 Å². The van der Waals surface area contributed by atoms with Gasteiger partial charge in [0.1, 0.15) is 0 Å².